The second kappa shape index (κ2) is 9.09. The fourth-order valence-electron chi connectivity index (χ4n) is 3.39. The molecule has 4 aromatic rings. The minimum Gasteiger partial charge on any atom is -0.483 e. The number of nitrogens with zero attached hydrogens (tertiary/aromatic N) is 2. The van der Waals surface area contributed by atoms with Crippen molar-refractivity contribution in [2.75, 3.05) is 6.61 Å². The summed E-state index contributed by atoms with van der Waals surface area (Å²) in [6.07, 6.45) is 3.59. The summed E-state index contributed by atoms with van der Waals surface area (Å²) < 4.78 is 7.80. The van der Waals surface area contributed by atoms with Gasteiger partial charge in [0.15, 0.2) is 6.61 Å². The van der Waals surface area contributed by atoms with Crippen molar-refractivity contribution in [1.29, 1.82) is 0 Å². The third kappa shape index (κ3) is 4.41. The fourth-order valence-corrected chi connectivity index (χ4v) is 3.39. The minimum absolute atomic E-state index is 0.0857. The Morgan fingerprint density at radius 3 is 2.33 bits per heavy atom. The number of carbonyl (C=O) groups is 1. The number of imidazole rings is 1. The van der Waals surface area contributed by atoms with Gasteiger partial charge >= 0.3 is 0 Å². The van der Waals surface area contributed by atoms with Crippen LogP contribution >= 0.6 is 0 Å². The molecule has 5 nitrogen and oxygen atoms in total. The maximum atomic E-state index is 12.8. The molecular weight excluding hydrogens is 374 g/mol. The first-order valence-electron chi connectivity index (χ1n) is 9.81. The van der Waals surface area contributed by atoms with Crippen molar-refractivity contribution in [3.05, 3.63) is 109 Å². The van der Waals surface area contributed by atoms with Gasteiger partial charge in [0.05, 0.1) is 0 Å². The van der Waals surface area contributed by atoms with Crippen LogP contribution in [0.5, 0.6) is 5.75 Å². The normalized spacial score (nSPS) is 11.6. The molecule has 0 aliphatic rings. The zero-order valence-electron chi connectivity index (χ0n) is 16.7. The lowest BCUT2D eigenvalue weighted by Gasteiger charge is -2.19. The summed E-state index contributed by atoms with van der Waals surface area (Å²) in [5.74, 6) is 1.22. The number of carbonyl (C=O) groups excluding carboxylic acids is 1. The predicted molar refractivity (Wildman–Crippen MR) is 117 cm³/mol. The van der Waals surface area contributed by atoms with Crippen molar-refractivity contribution in [3.63, 3.8) is 0 Å². The van der Waals surface area contributed by atoms with Crippen LogP contribution in [-0.2, 0) is 11.8 Å². The third-order valence-corrected chi connectivity index (χ3v) is 4.89. The highest BCUT2D eigenvalue weighted by atomic mass is 16.5. The Hall–Kier alpha value is -3.86. The van der Waals surface area contributed by atoms with Gasteiger partial charge in [0.1, 0.15) is 17.6 Å². The average Bonchev–Trinajstić information content (AvgIpc) is 3.23. The number of nitrogens with one attached hydrogen (secondary N) is 1. The molecule has 5 heteroatoms. The Kier molecular flexibility index (Phi) is 5.90. The maximum Gasteiger partial charge on any atom is 0.258 e. The quantitative estimate of drug-likeness (QED) is 0.504. The first-order valence-corrected chi connectivity index (χ1v) is 9.81. The number of para-hydroxylation sites is 1. The Morgan fingerprint density at radius 1 is 0.967 bits per heavy atom. The molecule has 1 amide bonds. The van der Waals surface area contributed by atoms with E-state index in [0.717, 1.165) is 22.5 Å². The van der Waals surface area contributed by atoms with Gasteiger partial charge in [-0.15, -0.1) is 0 Å². The molecule has 30 heavy (non-hydrogen) atoms. The van der Waals surface area contributed by atoms with E-state index in [4.69, 9.17) is 4.74 Å². The van der Waals surface area contributed by atoms with Gasteiger partial charge in [0.2, 0.25) is 0 Å². The van der Waals surface area contributed by atoms with Crippen LogP contribution in [0.3, 0.4) is 0 Å². The van der Waals surface area contributed by atoms with E-state index >= 15 is 0 Å². The molecule has 1 N–H and O–H groups in total. The molecule has 0 aliphatic heterocycles. The van der Waals surface area contributed by atoms with E-state index < -0.39 is 0 Å². The first kappa shape index (κ1) is 19.5. The van der Waals surface area contributed by atoms with Crippen molar-refractivity contribution < 1.29 is 9.53 Å². The van der Waals surface area contributed by atoms with E-state index in [9.17, 15) is 4.79 Å². The highest BCUT2D eigenvalue weighted by molar-refractivity contribution is 5.79. The topological polar surface area (TPSA) is 56.2 Å². The molecule has 0 bridgehead atoms. The zero-order valence-corrected chi connectivity index (χ0v) is 16.7. The molecule has 0 aliphatic carbocycles. The van der Waals surface area contributed by atoms with Gasteiger partial charge in [0.25, 0.3) is 5.91 Å². The number of hydrogen-bond acceptors (Lipinski definition) is 3. The largest absolute Gasteiger partial charge is 0.483 e. The van der Waals surface area contributed by atoms with Gasteiger partial charge < -0.3 is 14.6 Å². The van der Waals surface area contributed by atoms with Gasteiger partial charge in [-0.05, 0) is 17.2 Å². The number of ether oxygens (including phenoxy) is 1. The standard InChI is InChI=1S/C25H23N3O2/c1-28-17-16-26-25(28)24(20-12-6-3-7-13-20)27-23(29)18-30-22-15-9-8-14-21(22)19-10-4-2-5-11-19/h2-17,24H,18H2,1H3,(H,27,29). The van der Waals surface area contributed by atoms with E-state index in [1.807, 2.05) is 103 Å². The Morgan fingerprint density at radius 2 is 1.63 bits per heavy atom. The summed E-state index contributed by atoms with van der Waals surface area (Å²) in [7, 11) is 1.91. The van der Waals surface area contributed by atoms with Crippen molar-refractivity contribution in [3.8, 4) is 16.9 Å². The van der Waals surface area contributed by atoms with Crippen molar-refractivity contribution in [2.24, 2.45) is 7.05 Å². The first-order chi connectivity index (χ1) is 14.7. The Bertz CT molecular complexity index is 1110. The molecule has 1 atom stereocenters. The molecule has 0 saturated heterocycles. The lowest BCUT2D eigenvalue weighted by Crippen LogP contribution is -2.34. The smallest absolute Gasteiger partial charge is 0.258 e. The number of aryl methyl sites for hydroxylation is 1. The van der Waals surface area contributed by atoms with Crippen molar-refractivity contribution in [1.82, 2.24) is 14.9 Å². The van der Waals surface area contributed by atoms with Crippen LogP contribution in [0, 0.1) is 0 Å². The van der Waals surface area contributed by atoms with E-state index in [1.54, 1.807) is 6.20 Å². The molecule has 0 radical (unpaired) electrons. The number of hydrogen-bond donors (Lipinski definition) is 1. The molecule has 1 unspecified atom stereocenters. The van der Waals surface area contributed by atoms with E-state index in [-0.39, 0.29) is 18.6 Å². The SMILES string of the molecule is Cn1ccnc1C(NC(=O)COc1ccccc1-c1ccccc1)c1ccccc1. The third-order valence-electron chi connectivity index (χ3n) is 4.89. The second-order valence-corrected chi connectivity index (χ2v) is 6.96. The van der Waals surface area contributed by atoms with Crippen LogP contribution in [0.2, 0.25) is 0 Å². The number of rotatable bonds is 7. The maximum absolute atomic E-state index is 12.8. The lowest BCUT2D eigenvalue weighted by molar-refractivity contribution is -0.123. The fraction of sp³-hybridized carbons (Fsp3) is 0.120. The van der Waals surface area contributed by atoms with Gasteiger partial charge in [-0.2, -0.15) is 0 Å². The van der Waals surface area contributed by atoms with Gasteiger partial charge in [-0.25, -0.2) is 4.98 Å². The van der Waals surface area contributed by atoms with E-state index in [0.29, 0.717) is 5.75 Å². The zero-order chi connectivity index (χ0) is 20.8. The summed E-state index contributed by atoms with van der Waals surface area (Å²) in [4.78, 5) is 17.2. The lowest BCUT2D eigenvalue weighted by atomic mass is 10.1. The minimum atomic E-state index is -0.355. The van der Waals surface area contributed by atoms with Crippen molar-refractivity contribution >= 4 is 5.91 Å². The van der Waals surface area contributed by atoms with Crippen LogP contribution in [0.25, 0.3) is 11.1 Å². The monoisotopic (exact) mass is 397 g/mol. The highest BCUT2D eigenvalue weighted by Crippen LogP contribution is 2.29. The molecule has 1 aromatic heterocycles. The number of benzene rings is 3. The molecule has 3 aromatic carbocycles. The van der Waals surface area contributed by atoms with Crippen LogP contribution in [-0.4, -0.2) is 22.1 Å². The van der Waals surface area contributed by atoms with Crippen LogP contribution in [0.1, 0.15) is 17.4 Å². The van der Waals surface area contributed by atoms with E-state index in [2.05, 4.69) is 10.3 Å². The highest BCUT2D eigenvalue weighted by Gasteiger charge is 2.21. The molecule has 0 spiro atoms. The summed E-state index contributed by atoms with van der Waals surface area (Å²) in [5, 5.41) is 3.06. The summed E-state index contributed by atoms with van der Waals surface area (Å²) >= 11 is 0. The van der Waals surface area contributed by atoms with Crippen LogP contribution in [0.15, 0.2) is 97.3 Å². The molecule has 150 valence electrons. The van der Waals surface area contributed by atoms with Crippen molar-refractivity contribution in [2.45, 2.75) is 6.04 Å². The molecule has 4 rings (SSSR count). The molecule has 0 fully saturated rings. The summed E-state index contributed by atoms with van der Waals surface area (Å²) in [6, 6.07) is 27.2. The molecule has 0 saturated carbocycles. The summed E-state index contributed by atoms with van der Waals surface area (Å²) in [6.45, 7) is -0.0857. The van der Waals surface area contributed by atoms with Crippen LogP contribution < -0.4 is 10.1 Å². The number of amides is 1. The average molecular weight is 397 g/mol. The Balaban J connectivity index is 1.50. The predicted octanol–water partition coefficient (Wildman–Crippen LogP) is 4.37. The van der Waals surface area contributed by atoms with Gasteiger partial charge in [-0.1, -0.05) is 78.9 Å². The van der Waals surface area contributed by atoms with Gasteiger partial charge in [-0.3, -0.25) is 4.79 Å². The Labute approximate surface area is 176 Å². The van der Waals surface area contributed by atoms with Crippen LogP contribution in [0.4, 0.5) is 0 Å². The summed E-state index contributed by atoms with van der Waals surface area (Å²) in [5.41, 5.74) is 2.96. The van der Waals surface area contributed by atoms with E-state index in [1.165, 1.54) is 0 Å². The molecular formula is C25H23N3O2. The molecule has 1 heterocycles. The van der Waals surface area contributed by atoms with Gasteiger partial charge in [0, 0.05) is 25.0 Å². The number of aromatic nitrogens is 2. The second-order valence-electron chi connectivity index (χ2n) is 6.96.